The van der Waals surface area contributed by atoms with Gasteiger partial charge in [-0.2, -0.15) is 0 Å². The van der Waals surface area contributed by atoms with Crippen molar-refractivity contribution < 1.29 is 14.3 Å². The zero-order chi connectivity index (χ0) is 20.5. The number of hydrogen-bond donors (Lipinski definition) is 2. The monoisotopic (exact) mass is 412 g/mol. The molecule has 29 heavy (non-hydrogen) atoms. The summed E-state index contributed by atoms with van der Waals surface area (Å²) in [6.45, 7) is 2.55. The quantitative estimate of drug-likeness (QED) is 0.575. The first kappa shape index (κ1) is 21.2. The predicted molar refractivity (Wildman–Crippen MR) is 119 cm³/mol. The molecule has 2 N–H and O–H groups in total. The molecule has 1 aliphatic rings. The molecule has 5 nitrogen and oxygen atoms in total. The third-order valence-electron chi connectivity index (χ3n) is 4.92. The minimum absolute atomic E-state index is 0.0613. The number of hydrogen-bond acceptors (Lipinski definition) is 4. The van der Waals surface area contributed by atoms with Crippen molar-refractivity contribution in [3.63, 3.8) is 0 Å². The molecule has 0 bridgehead atoms. The van der Waals surface area contributed by atoms with Crippen LogP contribution in [0.4, 0.5) is 11.4 Å². The molecule has 2 aromatic carbocycles. The number of amides is 2. The van der Waals surface area contributed by atoms with Gasteiger partial charge in [-0.3, -0.25) is 9.59 Å². The molecule has 3 rings (SSSR count). The molecule has 1 aliphatic carbocycles. The van der Waals surface area contributed by atoms with E-state index < -0.39 is 0 Å². The fraction of sp³-hybridized carbons (Fsp3) is 0.391. The van der Waals surface area contributed by atoms with E-state index in [1.54, 1.807) is 0 Å². The molecule has 154 valence electrons. The molecule has 0 heterocycles. The van der Waals surface area contributed by atoms with Crippen molar-refractivity contribution in [3.05, 3.63) is 48.5 Å². The Hall–Kier alpha value is -2.47. The van der Waals surface area contributed by atoms with Gasteiger partial charge in [0.05, 0.1) is 12.4 Å². The van der Waals surface area contributed by atoms with E-state index in [-0.39, 0.29) is 17.7 Å². The van der Waals surface area contributed by atoms with Crippen molar-refractivity contribution in [2.24, 2.45) is 5.92 Å². The topological polar surface area (TPSA) is 67.4 Å². The molecule has 0 atom stereocenters. The third kappa shape index (κ3) is 6.82. The fourth-order valence-electron chi connectivity index (χ4n) is 3.39. The smallest absolute Gasteiger partial charge is 0.234 e. The molecule has 2 aromatic rings. The molecule has 0 spiro atoms. The van der Waals surface area contributed by atoms with Crippen molar-refractivity contribution in [1.82, 2.24) is 0 Å². The average Bonchev–Trinajstić information content (AvgIpc) is 2.75. The largest absolute Gasteiger partial charge is 0.494 e. The maximum absolute atomic E-state index is 12.3. The van der Waals surface area contributed by atoms with Gasteiger partial charge in [-0.25, -0.2) is 0 Å². The summed E-state index contributed by atoms with van der Waals surface area (Å²) < 4.78 is 5.40. The van der Waals surface area contributed by atoms with Crippen molar-refractivity contribution in [3.8, 4) is 5.75 Å². The second kappa shape index (κ2) is 10.9. The van der Waals surface area contributed by atoms with Crippen LogP contribution in [0.5, 0.6) is 5.75 Å². The van der Waals surface area contributed by atoms with Gasteiger partial charge in [-0.05, 0) is 68.3 Å². The van der Waals surface area contributed by atoms with Crippen LogP contribution in [0.1, 0.15) is 39.0 Å². The Balaban J connectivity index is 1.43. The highest BCUT2D eigenvalue weighted by atomic mass is 32.2. The van der Waals surface area contributed by atoms with Gasteiger partial charge in [0.25, 0.3) is 0 Å². The minimum Gasteiger partial charge on any atom is -0.494 e. The van der Waals surface area contributed by atoms with Crippen LogP contribution in [0.15, 0.2) is 53.4 Å². The highest BCUT2D eigenvalue weighted by molar-refractivity contribution is 8.00. The number of benzene rings is 2. The highest BCUT2D eigenvalue weighted by Gasteiger charge is 2.20. The Morgan fingerprint density at radius 3 is 2.21 bits per heavy atom. The Morgan fingerprint density at radius 2 is 1.55 bits per heavy atom. The molecule has 1 saturated carbocycles. The Morgan fingerprint density at radius 1 is 0.931 bits per heavy atom. The minimum atomic E-state index is -0.0613. The number of carbonyl (C=O) groups is 2. The van der Waals surface area contributed by atoms with E-state index >= 15 is 0 Å². The lowest BCUT2D eigenvalue weighted by molar-refractivity contribution is -0.120. The van der Waals surface area contributed by atoms with Crippen LogP contribution in [-0.4, -0.2) is 24.2 Å². The lowest BCUT2D eigenvalue weighted by Crippen LogP contribution is -2.24. The van der Waals surface area contributed by atoms with E-state index in [2.05, 4.69) is 10.6 Å². The highest BCUT2D eigenvalue weighted by Crippen LogP contribution is 2.26. The molecule has 6 heteroatoms. The van der Waals surface area contributed by atoms with Crippen LogP contribution in [-0.2, 0) is 9.59 Å². The molecular weight excluding hydrogens is 384 g/mol. The van der Waals surface area contributed by atoms with Crippen LogP contribution in [0, 0.1) is 5.92 Å². The second-order valence-electron chi connectivity index (χ2n) is 7.14. The molecular formula is C23H28N2O3S. The van der Waals surface area contributed by atoms with E-state index in [0.717, 1.165) is 47.7 Å². The van der Waals surface area contributed by atoms with Crippen molar-refractivity contribution in [2.75, 3.05) is 23.0 Å². The first-order valence-corrected chi connectivity index (χ1v) is 11.2. The number of ether oxygens (including phenoxy) is 1. The van der Waals surface area contributed by atoms with E-state index in [1.165, 1.54) is 18.2 Å². The standard InChI is InChI=1S/C23H28N2O3S/c1-2-28-20-12-8-18(9-13-20)24-22(26)16-29-21-14-10-19(11-15-21)25-23(27)17-6-4-3-5-7-17/h8-15,17H,2-7,16H2,1H3,(H,24,26)(H,25,27). The van der Waals surface area contributed by atoms with E-state index in [1.807, 2.05) is 55.5 Å². The van der Waals surface area contributed by atoms with Crippen LogP contribution in [0.2, 0.25) is 0 Å². The van der Waals surface area contributed by atoms with Crippen LogP contribution >= 0.6 is 11.8 Å². The first-order valence-electron chi connectivity index (χ1n) is 10.2. The third-order valence-corrected chi connectivity index (χ3v) is 5.93. The SMILES string of the molecule is CCOc1ccc(NC(=O)CSc2ccc(NC(=O)C3CCCCC3)cc2)cc1. The van der Waals surface area contributed by atoms with Crippen molar-refractivity contribution in [1.29, 1.82) is 0 Å². The zero-order valence-electron chi connectivity index (χ0n) is 16.8. The number of thioether (sulfide) groups is 1. The number of nitrogens with one attached hydrogen (secondary N) is 2. The second-order valence-corrected chi connectivity index (χ2v) is 8.19. The fourth-order valence-corrected chi connectivity index (χ4v) is 4.09. The van der Waals surface area contributed by atoms with Gasteiger partial charge in [0.1, 0.15) is 5.75 Å². The van der Waals surface area contributed by atoms with Crippen LogP contribution in [0.3, 0.4) is 0 Å². The first-order chi connectivity index (χ1) is 14.1. The summed E-state index contributed by atoms with van der Waals surface area (Å²) in [5.74, 6) is 1.31. The molecule has 0 radical (unpaired) electrons. The lowest BCUT2D eigenvalue weighted by Gasteiger charge is -2.20. The van der Waals surface area contributed by atoms with E-state index in [9.17, 15) is 9.59 Å². The Kier molecular flexibility index (Phi) is 7.99. The van der Waals surface area contributed by atoms with Gasteiger partial charge in [-0.1, -0.05) is 19.3 Å². The number of rotatable bonds is 8. The van der Waals surface area contributed by atoms with Gasteiger partial charge in [0, 0.05) is 22.2 Å². The summed E-state index contributed by atoms with van der Waals surface area (Å²) in [5, 5.41) is 5.90. The van der Waals surface area contributed by atoms with Crippen molar-refractivity contribution >= 4 is 35.0 Å². The predicted octanol–water partition coefficient (Wildman–Crippen LogP) is 5.33. The summed E-state index contributed by atoms with van der Waals surface area (Å²) in [4.78, 5) is 25.5. The Labute approximate surface area is 176 Å². The van der Waals surface area contributed by atoms with Gasteiger partial charge in [-0.15, -0.1) is 11.8 Å². The van der Waals surface area contributed by atoms with E-state index in [0.29, 0.717) is 12.4 Å². The van der Waals surface area contributed by atoms with E-state index in [4.69, 9.17) is 4.74 Å². The summed E-state index contributed by atoms with van der Waals surface area (Å²) >= 11 is 1.47. The van der Waals surface area contributed by atoms with Gasteiger partial charge in [0.2, 0.25) is 11.8 Å². The maximum atomic E-state index is 12.3. The van der Waals surface area contributed by atoms with Gasteiger partial charge in [0.15, 0.2) is 0 Å². The molecule has 0 unspecified atom stereocenters. The molecule has 0 aromatic heterocycles. The zero-order valence-corrected chi connectivity index (χ0v) is 17.6. The molecule has 1 fully saturated rings. The average molecular weight is 413 g/mol. The summed E-state index contributed by atoms with van der Waals surface area (Å²) in [7, 11) is 0. The number of carbonyl (C=O) groups excluding carboxylic acids is 2. The lowest BCUT2D eigenvalue weighted by atomic mass is 9.88. The molecule has 0 aliphatic heterocycles. The summed E-state index contributed by atoms with van der Waals surface area (Å²) in [6, 6.07) is 15.0. The summed E-state index contributed by atoms with van der Waals surface area (Å²) in [6.07, 6.45) is 5.51. The van der Waals surface area contributed by atoms with Crippen LogP contribution < -0.4 is 15.4 Å². The molecule has 2 amide bonds. The normalized spacial score (nSPS) is 14.2. The van der Waals surface area contributed by atoms with Gasteiger partial charge < -0.3 is 15.4 Å². The molecule has 0 saturated heterocycles. The van der Waals surface area contributed by atoms with Crippen LogP contribution in [0.25, 0.3) is 0 Å². The summed E-state index contributed by atoms with van der Waals surface area (Å²) in [5.41, 5.74) is 1.56. The van der Waals surface area contributed by atoms with Crippen molar-refractivity contribution in [2.45, 2.75) is 43.9 Å². The maximum Gasteiger partial charge on any atom is 0.234 e. The number of anilines is 2. The Bertz CT molecular complexity index is 800. The van der Waals surface area contributed by atoms with Gasteiger partial charge >= 0.3 is 0 Å².